The van der Waals surface area contributed by atoms with Gasteiger partial charge in [0.05, 0.1) is 6.04 Å². The Morgan fingerprint density at radius 3 is 2.89 bits per heavy atom. The van der Waals surface area contributed by atoms with E-state index in [9.17, 15) is 13.6 Å². The Bertz CT molecular complexity index is 794. The van der Waals surface area contributed by atoms with Crippen LogP contribution >= 0.6 is 11.8 Å². The van der Waals surface area contributed by atoms with Crippen LogP contribution in [0.3, 0.4) is 0 Å². The predicted molar refractivity (Wildman–Crippen MR) is 105 cm³/mol. The van der Waals surface area contributed by atoms with Gasteiger partial charge in [0.1, 0.15) is 11.6 Å². The lowest BCUT2D eigenvalue weighted by Gasteiger charge is -2.21. The highest BCUT2D eigenvalue weighted by Crippen LogP contribution is 2.28. The molecular formula is C21H24F2N2OS. The third-order valence-corrected chi connectivity index (χ3v) is 5.67. The first-order valence-corrected chi connectivity index (χ1v) is 10.4. The largest absolute Gasteiger partial charge is 0.345 e. The van der Waals surface area contributed by atoms with Crippen molar-refractivity contribution in [2.75, 3.05) is 19.3 Å². The molecule has 0 bridgehead atoms. The number of thioether (sulfide) groups is 1. The second-order valence-electron chi connectivity index (χ2n) is 6.84. The first kappa shape index (κ1) is 19.8. The van der Waals surface area contributed by atoms with E-state index in [0.29, 0.717) is 12.3 Å². The van der Waals surface area contributed by atoms with E-state index in [1.54, 1.807) is 11.8 Å². The fourth-order valence-electron chi connectivity index (χ4n) is 3.43. The molecule has 3 rings (SSSR count). The Morgan fingerprint density at radius 2 is 2.15 bits per heavy atom. The maximum Gasteiger partial charge on any atom is 0.220 e. The van der Waals surface area contributed by atoms with Crippen LogP contribution in [0.25, 0.3) is 0 Å². The Balaban J connectivity index is 1.82. The summed E-state index contributed by atoms with van der Waals surface area (Å²) in [5, 5.41) is 6.21. The molecule has 1 aliphatic heterocycles. The lowest BCUT2D eigenvalue weighted by molar-refractivity contribution is -0.121. The molecule has 1 heterocycles. The molecule has 1 amide bonds. The van der Waals surface area contributed by atoms with Crippen molar-refractivity contribution >= 4 is 17.7 Å². The van der Waals surface area contributed by atoms with Crippen LogP contribution in [-0.4, -0.2) is 25.3 Å². The van der Waals surface area contributed by atoms with Crippen molar-refractivity contribution in [1.29, 1.82) is 0 Å². The van der Waals surface area contributed by atoms with Crippen LogP contribution in [0.1, 0.15) is 36.4 Å². The number of halogens is 2. The van der Waals surface area contributed by atoms with Crippen molar-refractivity contribution in [2.24, 2.45) is 5.92 Å². The molecule has 0 radical (unpaired) electrons. The summed E-state index contributed by atoms with van der Waals surface area (Å²) >= 11 is 1.56. The van der Waals surface area contributed by atoms with E-state index in [0.717, 1.165) is 54.6 Å². The fourth-order valence-corrected chi connectivity index (χ4v) is 3.90. The third kappa shape index (κ3) is 5.30. The summed E-state index contributed by atoms with van der Waals surface area (Å²) in [6.45, 7) is 1.93. The smallest absolute Gasteiger partial charge is 0.220 e. The van der Waals surface area contributed by atoms with Gasteiger partial charge in [-0.15, -0.1) is 11.8 Å². The number of benzene rings is 2. The van der Waals surface area contributed by atoms with Gasteiger partial charge in [0.2, 0.25) is 5.91 Å². The maximum atomic E-state index is 14.4. The van der Waals surface area contributed by atoms with Crippen LogP contribution in [0.4, 0.5) is 8.78 Å². The highest BCUT2D eigenvalue weighted by Gasteiger charge is 2.22. The van der Waals surface area contributed by atoms with Gasteiger partial charge in [-0.05, 0) is 74.0 Å². The van der Waals surface area contributed by atoms with Gasteiger partial charge in [0.15, 0.2) is 0 Å². The quantitative estimate of drug-likeness (QED) is 0.694. The molecule has 2 N–H and O–H groups in total. The van der Waals surface area contributed by atoms with Crippen molar-refractivity contribution in [3.05, 3.63) is 65.2 Å². The minimum atomic E-state index is -0.720. The first-order valence-electron chi connectivity index (χ1n) is 9.16. The molecule has 1 saturated heterocycles. The average Bonchev–Trinajstić information content (AvgIpc) is 3.20. The Kier molecular flexibility index (Phi) is 6.85. The Hall–Kier alpha value is -1.92. The lowest BCUT2D eigenvalue weighted by Crippen LogP contribution is -2.30. The number of hydrogen-bond donors (Lipinski definition) is 2. The van der Waals surface area contributed by atoms with E-state index < -0.39 is 17.7 Å². The number of rotatable bonds is 7. The molecule has 0 aromatic heterocycles. The van der Waals surface area contributed by atoms with E-state index in [4.69, 9.17) is 0 Å². The number of carbonyl (C=O) groups is 1. The molecule has 0 spiro atoms. The molecule has 1 aliphatic rings. The van der Waals surface area contributed by atoms with E-state index in [1.807, 2.05) is 30.5 Å². The van der Waals surface area contributed by atoms with Gasteiger partial charge in [-0.25, -0.2) is 8.78 Å². The summed E-state index contributed by atoms with van der Waals surface area (Å²) in [7, 11) is 0. The van der Waals surface area contributed by atoms with Crippen LogP contribution in [0, 0.1) is 17.6 Å². The lowest BCUT2D eigenvalue weighted by atomic mass is 9.97. The highest BCUT2D eigenvalue weighted by molar-refractivity contribution is 7.98. The van der Waals surface area contributed by atoms with Gasteiger partial charge < -0.3 is 10.6 Å². The zero-order chi connectivity index (χ0) is 19.2. The van der Waals surface area contributed by atoms with Crippen molar-refractivity contribution in [3.63, 3.8) is 0 Å². The van der Waals surface area contributed by atoms with E-state index in [2.05, 4.69) is 10.6 Å². The standard InChI is InChI=1S/C21H24F2N2OS/c1-27-17-4-2-3-15(11-17)21(18-12-16(22)6-7-19(18)23)25-20(26)8-5-14-9-10-24-13-14/h2-4,6-7,11-12,14,21,24H,5,8-10,13H2,1H3,(H,25,26). The summed E-state index contributed by atoms with van der Waals surface area (Å²) < 4.78 is 28.2. The Morgan fingerprint density at radius 1 is 1.30 bits per heavy atom. The van der Waals surface area contributed by atoms with Crippen LogP contribution in [0.2, 0.25) is 0 Å². The van der Waals surface area contributed by atoms with Gasteiger partial charge >= 0.3 is 0 Å². The molecule has 3 nitrogen and oxygen atoms in total. The topological polar surface area (TPSA) is 41.1 Å². The fraction of sp³-hybridized carbons (Fsp3) is 0.381. The summed E-state index contributed by atoms with van der Waals surface area (Å²) in [4.78, 5) is 13.6. The molecule has 144 valence electrons. The van der Waals surface area contributed by atoms with E-state index in [-0.39, 0.29) is 11.5 Å². The van der Waals surface area contributed by atoms with Crippen LogP contribution < -0.4 is 10.6 Å². The molecule has 2 aromatic carbocycles. The van der Waals surface area contributed by atoms with Crippen LogP contribution in [0.5, 0.6) is 0 Å². The molecule has 6 heteroatoms. The molecule has 1 fully saturated rings. The summed E-state index contributed by atoms with van der Waals surface area (Å²) in [5.41, 5.74) is 0.881. The number of hydrogen-bond acceptors (Lipinski definition) is 3. The average molecular weight is 390 g/mol. The summed E-state index contributed by atoms with van der Waals surface area (Å²) in [6, 6.07) is 10.2. The third-order valence-electron chi connectivity index (χ3n) is 4.94. The monoisotopic (exact) mass is 390 g/mol. The predicted octanol–water partition coefficient (Wildman–Crippen LogP) is 4.28. The SMILES string of the molecule is CSc1cccc(C(NC(=O)CCC2CCNC2)c2cc(F)ccc2F)c1. The van der Waals surface area contributed by atoms with Crippen molar-refractivity contribution < 1.29 is 13.6 Å². The summed E-state index contributed by atoms with van der Waals surface area (Å²) in [6.07, 6.45) is 4.19. The zero-order valence-electron chi connectivity index (χ0n) is 15.3. The molecule has 0 saturated carbocycles. The van der Waals surface area contributed by atoms with Gasteiger partial charge in [-0.1, -0.05) is 12.1 Å². The molecule has 2 unspecified atom stereocenters. The summed E-state index contributed by atoms with van der Waals surface area (Å²) in [5.74, 6) is -0.704. The minimum Gasteiger partial charge on any atom is -0.345 e. The second-order valence-corrected chi connectivity index (χ2v) is 7.72. The molecule has 27 heavy (non-hydrogen) atoms. The zero-order valence-corrected chi connectivity index (χ0v) is 16.1. The normalized spacial score (nSPS) is 17.7. The van der Waals surface area contributed by atoms with Crippen LogP contribution in [0.15, 0.2) is 47.4 Å². The van der Waals surface area contributed by atoms with Crippen LogP contribution in [-0.2, 0) is 4.79 Å². The highest BCUT2D eigenvalue weighted by atomic mass is 32.2. The van der Waals surface area contributed by atoms with Gasteiger partial charge in [0, 0.05) is 16.9 Å². The minimum absolute atomic E-state index is 0.143. The van der Waals surface area contributed by atoms with Gasteiger partial charge in [-0.3, -0.25) is 4.79 Å². The molecule has 0 aliphatic carbocycles. The van der Waals surface area contributed by atoms with Crippen molar-refractivity contribution in [2.45, 2.75) is 30.2 Å². The molecule has 2 aromatic rings. The van der Waals surface area contributed by atoms with Crippen molar-refractivity contribution in [3.8, 4) is 0 Å². The van der Waals surface area contributed by atoms with Gasteiger partial charge in [-0.2, -0.15) is 0 Å². The molecular weight excluding hydrogens is 366 g/mol. The maximum absolute atomic E-state index is 14.4. The van der Waals surface area contributed by atoms with E-state index >= 15 is 0 Å². The van der Waals surface area contributed by atoms with Crippen molar-refractivity contribution in [1.82, 2.24) is 10.6 Å². The number of nitrogens with one attached hydrogen (secondary N) is 2. The molecule has 2 atom stereocenters. The number of carbonyl (C=O) groups excluding carboxylic acids is 1. The first-order chi connectivity index (χ1) is 13.1. The van der Waals surface area contributed by atoms with Gasteiger partial charge in [0.25, 0.3) is 0 Å². The van der Waals surface area contributed by atoms with E-state index in [1.165, 1.54) is 0 Å². The second kappa shape index (κ2) is 9.33. The Labute approximate surface area is 162 Å². The number of amides is 1.